The topological polar surface area (TPSA) is 246 Å². The Balaban J connectivity index is 1.39. The number of hydrogen-bond acceptors (Lipinski definition) is 7. The van der Waals surface area contributed by atoms with Crippen LogP contribution >= 0.6 is 0 Å². The molecular weight excluding hydrogens is 630 g/mol. The van der Waals surface area contributed by atoms with Gasteiger partial charge in [-0.1, -0.05) is 48.5 Å². The Kier molecular flexibility index (Phi) is 10.6. The van der Waals surface area contributed by atoms with E-state index in [-0.39, 0.29) is 25.0 Å². The molecule has 14 heteroatoms. The minimum atomic E-state index is -1.64. The number of carbonyl (C=O) groups excluding carboxylic acids is 4. The number of nitrogens with one attached hydrogen (secondary N) is 5. The second-order valence-electron chi connectivity index (χ2n) is 11.8. The summed E-state index contributed by atoms with van der Waals surface area (Å²) in [6, 6.07) is 15.7. The molecule has 49 heavy (non-hydrogen) atoms. The van der Waals surface area contributed by atoms with Gasteiger partial charge in [-0.05, 0) is 47.4 Å². The third-order valence-electron chi connectivity index (χ3n) is 8.21. The maximum atomic E-state index is 14.0. The van der Waals surface area contributed by atoms with Crippen LogP contribution in [0.1, 0.15) is 23.1 Å². The van der Waals surface area contributed by atoms with Gasteiger partial charge in [0.15, 0.2) is 0 Å². The molecule has 4 unspecified atom stereocenters. The van der Waals surface area contributed by atoms with Crippen LogP contribution in [0.3, 0.4) is 0 Å². The highest BCUT2D eigenvalue weighted by molar-refractivity contribution is 5.96. The van der Waals surface area contributed by atoms with Gasteiger partial charge in [0.05, 0.1) is 12.5 Å². The Morgan fingerprint density at radius 1 is 0.653 bits per heavy atom. The zero-order chi connectivity index (χ0) is 35.1. The molecule has 0 saturated carbocycles. The summed E-state index contributed by atoms with van der Waals surface area (Å²) in [5, 5.41) is 28.8. The van der Waals surface area contributed by atoms with Crippen LogP contribution in [0.4, 0.5) is 0 Å². The van der Waals surface area contributed by atoms with Crippen molar-refractivity contribution in [3.8, 4) is 5.75 Å². The first kappa shape index (κ1) is 34.2. The van der Waals surface area contributed by atoms with E-state index in [9.17, 15) is 34.2 Å². The number of phenols is 1. The summed E-state index contributed by atoms with van der Waals surface area (Å²) in [4.78, 5) is 70.6. The van der Waals surface area contributed by atoms with Crippen molar-refractivity contribution in [1.29, 1.82) is 0 Å². The number of rotatable bonds is 15. The third kappa shape index (κ3) is 8.61. The fraction of sp³-hybridized carbons (Fsp3) is 0.229. The lowest BCUT2D eigenvalue weighted by Crippen LogP contribution is -2.58. The van der Waals surface area contributed by atoms with Crippen molar-refractivity contribution in [2.45, 2.75) is 49.9 Å². The molecule has 14 nitrogen and oxygen atoms in total. The monoisotopic (exact) mass is 667 g/mol. The Hall–Kier alpha value is -6.15. The summed E-state index contributed by atoms with van der Waals surface area (Å²) >= 11 is 0. The molecule has 0 fully saturated rings. The lowest BCUT2D eigenvalue weighted by atomic mass is 10.0. The highest BCUT2D eigenvalue weighted by Crippen LogP contribution is 2.21. The average molecular weight is 668 g/mol. The van der Waals surface area contributed by atoms with Gasteiger partial charge in [0, 0.05) is 47.0 Å². The molecule has 0 bridgehead atoms. The molecule has 4 amide bonds. The number of aliphatic carboxylic acids is 1. The molecule has 5 rings (SSSR count). The van der Waals surface area contributed by atoms with Gasteiger partial charge in [-0.15, -0.1) is 0 Å². The maximum Gasteiger partial charge on any atom is 0.326 e. The molecule has 11 N–H and O–H groups in total. The van der Waals surface area contributed by atoms with Crippen molar-refractivity contribution in [2.24, 2.45) is 11.5 Å². The zero-order valence-corrected chi connectivity index (χ0v) is 26.3. The zero-order valence-electron chi connectivity index (χ0n) is 26.3. The SMILES string of the molecule is NC(=O)CC(NC(=O)C(Cc1c[nH]c2ccccc12)NC(=O)C(Cc1ccc(O)cc1)NC(=O)C(N)Cc1c[nH]c2ccccc12)C(=O)O. The number of carbonyl (C=O) groups is 5. The number of nitrogens with two attached hydrogens (primary N) is 2. The molecule has 4 atom stereocenters. The molecule has 2 aromatic heterocycles. The van der Waals surface area contributed by atoms with E-state index < -0.39 is 60.2 Å². The Bertz CT molecular complexity index is 1990. The molecule has 0 spiro atoms. The maximum absolute atomic E-state index is 14.0. The summed E-state index contributed by atoms with van der Waals surface area (Å²) in [6.07, 6.45) is 2.86. The third-order valence-corrected chi connectivity index (χ3v) is 8.21. The number of para-hydroxylation sites is 2. The summed E-state index contributed by atoms with van der Waals surface area (Å²) < 4.78 is 0. The van der Waals surface area contributed by atoms with Gasteiger partial charge in [0.1, 0.15) is 23.9 Å². The van der Waals surface area contributed by atoms with Crippen LogP contribution < -0.4 is 27.4 Å². The van der Waals surface area contributed by atoms with Gasteiger partial charge in [-0.2, -0.15) is 0 Å². The van der Waals surface area contributed by atoms with Crippen LogP contribution in [0.15, 0.2) is 85.2 Å². The number of hydrogen-bond donors (Lipinski definition) is 9. The van der Waals surface area contributed by atoms with Gasteiger partial charge >= 0.3 is 5.97 Å². The van der Waals surface area contributed by atoms with Crippen molar-refractivity contribution in [3.63, 3.8) is 0 Å². The largest absolute Gasteiger partial charge is 0.508 e. The average Bonchev–Trinajstić information content (AvgIpc) is 3.68. The Morgan fingerprint density at radius 2 is 1.14 bits per heavy atom. The van der Waals surface area contributed by atoms with Crippen LogP contribution in [0.25, 0.3) is 21.8 Å². The minimum absolute atomic E-state index is 0.00829. The second-order valence-corrected chi connectivity index (χ2v) is 11.8. The van der Waals surface area contributed by atoms with Crippen molar-refractivity contribution in [2.75, 3.05) is 0 Å². The number of carboxylic acid groups (broad SMARTS) is 1. The molecule has 3 aromatic carbocycles. The van der Waals surface area contributed by atoms with E-state index in [4.69, 9.17) is 11.5 Å². The van der Waals surface area contributed by atoms with Gasteiger partial charge in [-0.3, -0.25) is 19.2 Å². The van der Waals surface area contributed by atoms with E-state index in [1.807, 2.05) is 48.5 Å². The van der Waals surface area contributed by atoms with Crippen molar-refractivity contribution >= 4 is 51.4 Å². The lowest BCUT2D eigenvalue weighted by Gasteiger charge is -2.25. The predicted octanol–water partition coefficient (Wildman–Crippen LogP) is 1.12. The van der Waals surface area contributed by atoms with E-state index in [2.05, 4.69) is 25.9 Å². The Morgan fingerprint density at radius 3 is 1.69 bits per heavy atom. The number of aromatic nitrogens is 2. The molecular formula is C35H37N7O7. The number of phenolic OH excluding ortho intramolecular Hbond substituents is 1. The number of fused-ring (bicyclic) bond motifs is 2. The number of primary amides is 1. The summed E-state index contributed by atoms with van der Waals surface area (Å²) in [5.74, 6) is -4.65. The molecule has 5 aromatic rings. The van der Waals surface area contributed by atoms with Crippen molar-refractivity contribution in [3.05, 3.63) is 102 Å². The van der Waals surface area contributed by atoms with Crippen LogP contribution in [-0.4, -0.2) is 73.9 Å². The van der Waals surface area contributed by atoms with Gasteiger partial charge in [0.2, 0.25) is 23.6 Å². The fourth-order valence-corrected chi connectivity index (χ4v) is 5.66. The quantitative estimate of drug-likeness (QED) is 0.0781. The molecule has 0 radical (unpaired) electrons. The molecule has 0 aliphatic heterocycles. The fourth-order valence-electron chi connectivity index (χ4n) is 5.66. The summed E-state index contributed by atoms with van der Waals surface area (Å²) in [6.45, 7) is 0. The van der Waals surface area contributed by atoms with E-state index in [1.165, 1.54) is 12.1 Å². The van der Waals surface area contributed by atoms with E-state index in [0.717, 1.165) is 27.4 Å². The highest BCUT2D eigenvalue weighted by atomic mass is 16.4. The van der Waals surface area contributed by atoms with Gasteiger partial charge < -0.3 is 47.6 Å². The molecule has 0 aliphatic rings. The normalized spacial score (nSPS) is 13.7. The first-order valence-corrected chi connectivity index (χ1v) is 15.5. The number of carboxylic acids is 1. The number of H-pyrrole nitrogens is 2. The number of aromatic hydroxyl groups is 1. The van der Waals surface area contributed by atoms with Crippen LogP contribution in [0, 0.1) is 0 Å². The molecule has 254 valence electrons. The van der Waals surface area contributed by atoms with Crippen molar-refractivity contribution < 1.29 is 34.2 Å². The van der Waals surface area contributed by atoms with E-state index >= 15 is 0 Å². The summed E-state index contributed by atoms with van der Waals surface area (Å²) in [5.41, 5.74) is 15.3. The van der Waals surface area contributed by atoms with Crippen LogP contribution in [-0.2, 0) is 43.2 Å². The highest BCUT2D eigenvalue weighted by Gasteiger charge is 2.32. The first-order chi connectivity index (χ1) is 23.5. The lowest BCUT2D eigenvalue weighted by molar-refractivity contribution is -0.143. The van der Waals surface area contributed by atoms with E-state index in [1.54, 1.807) is 24.5 Å². The smallest absolute Gasteiger partial charge is 0.326 e. The van der Waals surface area contributed by atoms with Crippen LogP contribution in [0.2, 0.25) is 0 Å². The predicted molar refractivity (Wildman–Crippen MR) is 181 cm³/mol. The van der Waals surface area contributed by atoms with Gasteiger partial charge in [-0.25, -0.2) is 4.79 Å². The first-order valence-electron chi connectivity index (χ1n) is 15.5. The molecule has 0 aliphatic carbocycles. The number of benzene rings is 3. The Labute approximate surface area is 280 Å². The van der Waals surface area contributed by atoms with Crippen molar-refractivity contribution in [1.82, 2.24) is 25.9 Å². The molecule has 2 heterocycles. The number of amides is 4. The van der Waals surface area contributed by atoms with Crippen LogP contribution in [0.5, 0.6) is 5.75 Å². The second kappa shape index (κ2) is 15.2. The molecule has 0 saturated heterocycles. The number of aromatic amines is 2. The standard InChI is InChI=1S/C35H37N7O7/c36-25(14-20-17-38-26-7-3-1-5-23(20)26)32(45)40-28(13-19-9-11-22(43)12-10-19)33(46)41-29(34(47)42-30(35(48)49)16-31(37)44)15-21-18-39-27-8-4-2-6-24(21)27/h1-12,17-18,25,28-30,38-39,43H,13-16,36H2,(H2,37,44)(H,40,45)(H,41,46)(H,42,47)(H,48,49). The van der Waals surface area contributed by atoms with Gasteiger partial charge in [0.25, 0.3) is 0 Å². The van der Waals surface area contributed by atoms with E-state index in [0.29, 0.717) is 11.1 Å². The summed E-state index contributed by atoms with van der Waals surface area (Å²) in [7, 11) is 0. The minimum Gasteiger partial charge on any atom is -0.508 e.